The van der Waals surface area contributed by atoms with Crippen molar-refractivity contribution in [1.29, 1.82) is 0 Å². The smallest absolute Gasteiger partial charge is 0.234 e. The number of thioether (sulfide) groups is 1. The van der Waals surface area contributed by atoms with Gasteiger partial charge in [0.25, 0.3) is 0 Å². The molecule has 1 amide bonds. The summed E-state index contributed by atoms with van der Waals surface area (Å²) in [7, 11) is 0. The molecule has 0 bridgehead atoms. The fourth-order valence-corrected chi connectivity index (χ4v) is 3.51. The predicted molar refractivity (Wildman–Crippen MR) is 109 cm³/mol. The van der Waals surface area contributed by atoms with E-state index in [0.717, 1.165) is 28.2 Å². The van der Waals surface area contributed by atoms with Gasteiger partial charge in [-0.15, -0.1) is 11.8 Å². The van der Waals surface area contributed by atoms with Gasteiger partial charge in [-0.25, -0.2) is 9.97 Å². The molecule has 0 saturated heterocycles. The highest BCUT2D eigenvalue weighted by Gasteiger charge is 2.13. The molecule has 4 aromatic rings. The maximum absolute atomic E-state index is 12.3. The maximum Gasteiger partial charge on any atom is 0.234 e. The van der Waals surface area contributed by atoms with Gasteiger partial charge in [0.1, 0.15) is 5.82 Å². The number of para-hydroxylation sites is 2. The van der Waals surface area contributed by atoms with E-state index in [9.17, 15) is 4.79 Å². The van der Waals surface area contributed by atoms with E-state index in [1.54, 1.807) is 24.3 Å². The second-order valence-electron chi connectivity index (χ2n) is 6.16. The zero-order valence-corrected chi connectivity index (χ0v) is 15.6. The van der Waals surface area contributed by atoms with Crippen LogP contribution in [0.15, 0.2) is 67.3 Å². The van der Waals surface area contributed by atoms with Gasteiger partial charge in [-0.1, -0.05) is 12.1 Å². The summed E-state index contributed by atoms with van der Waals surface area (Å²) >= 11 is 1.56. The van der Waals surface area contributed by atoms with E-state index in [4.69, 9.17) is 0 Å². The van der Waals surface area contributed by atoms with E-state index in [1.165, 1.54) is 0 Å². The molecule has 0 radical (unpaired) electrons. The number of nitrogens with one attached hydrogen (secondary N) is 2. The normalized spacial score (nSPS) is 12.2. The number of carbonyl (C=O) groups is 1. The first kappa shape index (κ1) is 17.4. The number of H-pyrrole nitrogens is 1. The van der Waals surface area contributed by atoms with Crippen LogP contribution in [-0.2, 0) is 4.79 Å². The number of amides is 1. The number of carbonyl (C=O) groups excluding carboxylic acids is 1. The number of aromatic amines is 1. The lowest BCUT2D eigenvalue weighted by molar-refractivity contribution is -0.113. The summed E-state index contributed by atoms with van der Waals surface area (Å²) in [6.45, 7) is 2.05. The Morgan fingerprint density at radius 1 is 1.22 bits per heavy atom. The Kier molecular flexibility index (Phi) is 4.93. The molecule has 0 aliphatic heterocycles. The Morgan fingerprint density at radius 3 is 2.78 bits per heavy atom. The Morgan fingerprint density at radius 2 is 2.04 bits per heavy atom. The Hall–Kier alpha value is -3.06. The van der Waals surface area contributed by atoms with Crippen molar-refractivity contribution in [2.24, 2.45) is 0 Å². The fourth-order valence-electron chi connectivity index (χ4n) is 2.77. The molecule has 1 atom stereocenters. The number of benzene rings is 2. The molecule has 2 aromatic carbocycles. The van der Waals surface area contributed by atoms with Gasteiger partial charge in [0.2, 0.25) is 5.91 Å². The highest BCUT2D eigenvalue weighted by atomic mass is 32.2. The highest BCUT2D eigenvalue weighted by molar-refractivity contribution is 8.00. The molecule has 2 heterocycles. The van der Waals surface area contributed by atoms with Crippen molar-refractivity contribution in [3.63, 3.8) is 0 Å². The van der Waals surface area contributed by atoms with Gasteiger partial charge in [-0.05, 0) is 43.3 Å². The molecule has 0 spiro atoms. The Balaban J connectivity index is 1.32. The molecule has 4 rings (SSSR count). The molecule has 27 heavy (non-hydrogen) atoms. The molecule has 0 aliphatic carbocycles. The van der Waals surface area contributed by atoms with Crippen LogP contribution in [0.4, 0.5) is 5.69 Å². The zero-order chi connectivity index (χ0) is 18.6. The minimum atomic E-state index is -0.0293. The van der Waals surface area contributed by atoms with Crippen LogP contribution in [0.1, 0.15) is 18.0 Å². The van der Waals surface area contributed by atoms with Crippen molar-refractivity contribution in [1.82, 2.24) is 19.5 Å². The minimum Gasteiger partial charge on any atom is -0.341 e. The molecular formula is C20H19N5OS. The molecule has 2 aromatic heterocycles. The molecule has 2 N–H and O–H groups in total. The standard InChI is InChI=1S/C20H19N5OS/c1-14(20-23-17-4-2-3-5-18(17)24-20)27-12-19(26)22-15-6-8-16(9-7-15)25-11-10-21-13-25/h2-11,13-14H,12H2,1H3,(H,22,26)(H,23,24). The molecule has 7 heteroatoms. The molecule has 1 unspecified atom stereocenters. The van der Waals surface area contributed by atoms with Crippen molar-refractivity contribution in [3.8, 4) is 5.69 Å². The van der Waals surface area contributed by atoms with Gasteiger partial charge in [0.05, 0.1) is 28.4 Å². The summed E-state index contributed by atoms with van der Waals surface area (Å²) in [5.74, 6) is 1.22. The lowest BCUT2D eigenvalue weighted by Gasteiger charge is -2.10. The summed E-state index contributed by atoms with van der Waals surface area (Å²) in [4.78, 5) is 24.2. The SMILES string of the molecule is CC(SCC(=O)Nc1ccc(-n2ccnc2)cc1)c1nc2ccccc2[nH]1. The number of fused-ring (bicyclic) bond motifs is 1. The van der Waals surface area contributed by atoms with Crippen molar-refractivity contribution in [2.75, 3.05) is 11.1 Å². The average molecular weight is 377 g/mol. The van der Waals surface area contributed by atoms with Crippen LogP contribution < -0.4 is 5.32 Å². The number of hydrogen-bond acceptors (Lipinski definition) is 4. The van der Waals surface area contributed by atoms with Crippen molar-refractivity contribution >= 4 is 34.4 Å². The molecule has 0 fully saturated rings. The van der Waals surface area contributed by atoms with Crippen molar-refractivity contribution in [2.45, 2.75) is 12.2 Å². The van der Waals surface area contributed by atoms with E-state index < -0.39 is 0 Å². The number of rotatable bonds is 6. The molecular weight excluding hydrogens is 358 g/mol. The lowest BCUT2D eigenvalue weighted by Crippen LogP contribution is -2.14. The number of nitrogens with zero attached hydrogens (tertiary/aromatic N) is 3. The Bertz CT molecular complexity index is 1010. The monoisotopic (exact) mass is 377 g/mol. The Labute approximate surface area is 161 Å². The quantitative estimate of drug-likeness (QED) is 0.528. The maximum atomic E-state index is 12.3. The van der Waals surface area contributed by atoms with Crippen LogP contribution in [-0.4, -0.2) is 31.2 Å². The number of hydrogen-bond donors (Lipinski definition) is 2. The van der Waals surface area contributed by atoms with Gasteiger partial charge in [-0.2, -0.15) is 0 Å². The predicted octanol–water partition coefficient (Wildman–Crippen LogP) is 4.18. The molecule has 0 saturated carbocycles. The lowest BCUT2D eigenvalue weighted by atomic mass is 10.3. The second-order valence-corrected chi connectivity index (χ2v) is 7.49. The topological polar surface area (TPSA) is 75.6 Å². The summed E-state index contributed by atoms with van der Waals surface area (Å²) in [6.07, 6.45) is 5.35. The van der Waals surface area contributed by atoms with Crippen LogP contribution in [0.2, 0.25) is 0 Å². The third-order valence-electron chi connectivity index (χ3n) is 4.21. The highest BCUT2D eigenvalue weighted by Crippen LogP contribution is 2.27. The van der Waals surface area contributed by atoms with Crippen LogP contribution in [0, 0.1) is 0 Å². The molecule has 136 valence electrons. The van der Waals surface area contributed by atoms with Gasteiger partial charge >= 0.3 is 0 Å². The second kappa shape index (κ2) is 7.67. The third kappa shape index (κ3) is 4.03. The third-order valence-corrected chi connectivity index (χ3v) is 5.36. The molecule has 6 nitrogen and oxygen atoms in total. The van der Waals surface area contributed by atoms with E-state index in [2.05, 4.69) is 27.2 Å². The van der Waals surface area contributed by atoms with Gasteiger partial charge in [-0.3, -0.25) is 4.79 Å². The summed E-state index contributed by atoms with van der Waals surface area (Å²) in [5, 5.41) is 3.04. The summed E-state index contributed by atoms with van der Waals surface area (Å²) in [5.41, 5.74) is 3.74. The first-order valence-electron chi connectivity index (χ1n) is 8.63. The minimum absolute atomic E-state index is 0.0293. The van der Waals surface area contributed by atoms with Crippen LogP contribution in [0.25, 0.3) is 16.7 Å². The first-order valence-corrected chi connectivity index (χ1v) is 9.68. The van der Waals surface area contributed by atoms with Gasteiger partial charge in [0.15, 0.2) is 0 Å². The van der Waals surface area contributed by atoms with E-state index in [1.807, 2.05) is 59.3 Å². The number of imidazole rings is 2. The van der Waals surface area contributed by atoms with Gasteiger partial charge in [0, 0.05) is 23.8 Å². The van der Waals surface area contributed by atoms with Crippen molar-refractivity contribution < 1.29 is 4.79 Å². The van der Waals surface area contributed by atoms with E-state index in [0.29, 0.717) is 5.75 Å². The summed E-state index contributed by atoms with van der Waals surface area (Å²) < 4.78 is 1.91. The summed E-state index contributed by atoms with van der Waals surface area (Å²) in [6, 6.07) is 15.6. The van der Waals surface area contributed by atoms with E-state index in [-0.39, 0.29) is 11.2 Å². The van der Waals surface area contributed by atoms with Crippen LogP contribution in [0.3, 0.4) is 0 Å². The average Bonchev–Trinajstić information content (AvgIpc) is 3.36. The van der Waals surface area contributed by atoms with E-state index >= 15 is 0 Å². The van der Waals surface area contributed by atoms with Crippen molar-refractivity contribution in [3.05, 3.63) is 73.1 Å². The number of anilines is 1. The molecule has 0 aliphatic rings. The largest absolute Gasteiger partial charge is 0.341 e. The number of aromatic nitrogens is 4. The van der Waals surface area contributed by atoms with Crippen LogP contribution in [0.5, 0.6) is 0 Å². The zero-order valence-electron chi connectivity index (χ0n) is 14.8. The fraction of sp³-hybridized carbons (Fsp3) is 0.150. The first-order chi connectivity index (χ1) is 13.2. The van der Waals surface area contributed by atoms with Gasteiger partial charge < -0.3 is 14.9 Å². The van der Waals surface area contributed by atoms with Crippen LogP contribution >= 0.6 is 11.8 Å².